The molecule has 1 N–H and O–H groups in total. The molecule has 3 aromatic heterocycles. The van der Waals surface area contributed by atoms with E-state index in [9.17, 15) is 0 Å². The van der Waals surface area contributed by atoms with Gasteiger partial charge in [0.25, 0.3) is 0 Å². The van der Waals surface area contributed by atoms with Crippen molar-refractivity contribution in [1.82, 2.24) is 29.9 Å². The third-order valence-electron chi connectivity index (χ3n) is 4.00. The molecule has 0 aliphatic carbocycles. The smallest absolute Gasteiger partial charge is 0.228 e. The molecule has 0 spiro atoms. The molecule has 4 aromatic rings. The summed E-state index contributed by atoms with van der Waals surface area (Å²) in [6, 6.07) is 11.8. The lowest BCUT2D eigenvalue weighted by Gasteiger charge is -2.04. The molecule has 27 heavy (non-hydrogen) atoms. The highest BCUT2D eigenvalue weighted by atomic mass is 16.5. The molecule has 0 radical (unpaired) electrons. The molecule has 4 rings (SSSR count). The molecule has 0 atom stereocenters. The minimum absolute atomic E-state index is 0.551. The lowest BCUT2D eigenvalue weighted by Crippen LogP contribution is -2.08. The number of anilines is 1. The fourth-order valence-corrected chi connectivity index (χ4v) is 2.60. The third kappa shape index (κ3) is 4.00. The van der Waals surface area contributed by atoms with Crippen molar-refractivity contribution >= 4 is 5.95 Å². The Morgan fingerprint density at radius 1 is 1.11 bits per heavy atom. The maximum atomic E-state index is 5.18. The van der Waals surface area contributed by atoms with Crippen LogP contribution in [0.1, 0.15) is 18.6 Å². The second kappa shape index (κ2) is 7.77. The van der Waals surface area contributed by atoms with Gasteiger partial charge in [0.15, 0.2) is 5.82 Å². The summed E-state index contributed by atoms with van der Waals surface area (Å²) in [6.07, 6.45) is 6.85. The summed E-state index contributed by atoms with van der Waals surface area (Å²) in [5, 5.41) is 11.5. The van der Waals surface area contributed by atoms with Crippen LogP contribution in [0.5, 0.6) is 0 Å². The summed E-state index contributed by atoms with van der Waals surface area (Å²) in [6.45, 7) is 2.60. The number of aromatic nitrogens is 6. The van der Waals surface area contributed by atoms with Crippen LogP contribution in [0.25, 0.3) is 16.9 Å². The molecule has 0 saturated heterocycles. The zero-order valence-electron chi connectivity index (χ0n) is 14.9. The number of hydrogen-bond acceptors (Lipinski definition) is 7. The van der Waals surface area contributed by atoms with Crippen molar-refractivity contribution < 1.29 is 4.52 Å². The van der Waals surface area contributed by atoms with Crippen LogP contribution in [0.15, 0.2) is 59.5 Å². The third-order valence-corrected chi connectivity index (χ3v) is 4.00. The summed E-state index contributed by atoms with van der Waals surface area (Å²) >= 11 is 0. The summed E-state index contributed by atoms with van der Waals surface area (Å²) in [5.74, 6) is 1.88. The van der Waals surface area contributed by atoms with Gasteiger partial charge in [-0.05, 0) is 18.2 Å². The highest BCUT2D eigenvalue weighted by molar-refractivity contribution is 5.58. The van der Waals surface area contributed by atoms with Crippen molar-refractivity contribution in [3.8, 4) is 16.9 Å². The number of hydrogen-bond donors (Lipinski definition) is 1. The van der Waals surface area contributed by atoms with Gasteiger partial charge in [-0.3, -0.25) is 0 Å². The predicted octanol–water partition coefficient (Wildman–Crippen LogP) is 2.93. The number of nitrogens with one attached hydrogen (secondary N) is 1. The number of aryl methyl sites for hydroxylation is 1. The van der Waals surface area contributed by atoms with E-state index < -0.39 is 0 Å². The summed E-state index contributed by atoms with van der Waals surface area (Å²) in [7, 11) is 0. The first-order valence-electron chi connectivity index (χ1n) is 8.80. The van der Waals surface area contributed by atoms with Crippen molar-refractivity contribution in [3.63, 3.8) is 0 Å². The van der Waals surface area contributed by atoms with Crippen LogP contribution in [0.3, 0.4) is 0 Å². The van der Waals surface area contributed by atoms with Gasteiger partial charge in [-0.2, -0.15) is 10.1 Å². The normalized spacial score (nSPS) is 10.9. The second-order valence-corrected chi connectivity index (χ2v) is 5.91. The number of rotatable bonds is 7. The molecule has 3 heterocycles. The largest absolute Gasteiger partial charge is 0.354 e. The zero-order chi connectivity index (χ0) is 18.5. The molecule has 8 heteroatoms. The summed E-state index contributed by atoms with van der Waals surface area (Å²) < 4.78 is 7.00. The van der Waals surface area contributed by atoms with E-state index in [1.807, 2.05) is 54.2 Å². The minimum Gasteiger partial charge on any atom is -0.354 e. The molecule has 0 saturated carbocycles. The maximum absolute atomic E-state index is 5.18. The molecule has 1 aromatic carbocycles. The van der Waals surface area contributed by atoms with E-state index in [2.05, 4.69) is 30.5 Å². The van der Waals surface area contributed by atoms with Gasteiger partial charge in [0.2, 0.25) is 11.8 Å². The summed E-state index contributed by atoms with van der Waals surface area (Å²) in [5.41, 5.74) is 2.73. The molecule has 0 unspecified atom stereocenters. The average Bonchev–Trinajstić information content (AvgIpc) is 3.39. The summed E-state index contributed by atoms with van der Waals surface area (Å²) in [4.78, 5) is 13.1. The lowest BCUT2D eigenvalue weighted by atomic mass is 10.2. The number of para-hydroxylation sites is 1. The Kier molecular flexibility index (Phi) is 4.86. The highest BCUT2D eigenvalue weighted by Crippen LogP contribution is 2.18. The highest BCUT2D eigenvalue weighted by Gasteiger charge is 2.08. The maximum Gasteiger partial charge on any atom is 0.228 e. The van der Waals surface area contributed by atoms with Gasteiger partial charge in [0.05, 0.1) is 17.6 Å². The molecule has 136 valence electrons. The second-order valence-electron chi connectivity index (χ2n) is 5.91. The van der Waals surface area contributed by atoms with Gasteiger partial charge >= 0.3 is 0 Å². The minimum atomic E-state index is 0.551. The van der Waals surface area contributed by atoms with Gasteiger partial charge in [-0.15, -0.1) is 0 Å². The molecular formula is C19H19N7O. The Hall–Kier alpha value is -3.55. The Balaban J connectivity index is 1.42. The van der Waals surface area contributed by atoms with E-state index in [-0.39, 0.29) is 0 Å². The van der Waals surface area contributed by atoms with E-state index in [1.165, 1.54) is 0 Å². The molecule has 0 fully saturated rings. The fourth-order valence-electron chi connectivity index (χ4n) is 2.60. The first-order chi connectivity index (χ1) is 13.3. The standard InChI is InChI=1S/C19H19N7O/c1-2-17-24-18(27-25-17)9-11-21-19-20-10-8-16(23-19)14-12-22-26(13-14)15-6-4-3-5-7-15/h3-8,10,12-13H,2,9,11H2,1H3,(H,20,21,23). The Bertz CT molecular complexity index is 1010. The van der Waals surface area contributed by atoms with Crippen LogP contribution in [0.4, 0.5) is 5.95 Å². The molecule has 0 aliphatic rings. The monoisotopic (exact) mass is 361 g/mol. The molecule has 0 aliphatic heterocycles. The molecule has 0 amide bonds. The Morgan fingerprint density at radius 2 is 2.00 bits per heavy atom. The van der Waals surface area contributed by atoms with Gasteiger partial charge in [-0.25, -0.2) is 14.6 Å². The van der Waals surface area contributed by atoms with Crippen molar-refractivity contribution in [2.45, 2.75) is 19.8 Å². The molecule has 8 nitrogen and oxygen atoms in total. The zero-order valence-corrected chi connectivity index (χ0v) is 14.9. The van der Waals surface area contributed by atoms with E-state index >= 15 is 0 Å². The van der Waals surface area contributed by atoms with Crippen LogP contribution in [0, 0.1) is 0 Å². The van der Waals surface area contributed by atoms with Gasteiger partial charge in [-0.1, -0.05) is 30.3 Å². The van der Waals surface area contributed by atoms with E-state index in [0.717, 1.165) is 29.2 Å². The van der Waals surface area contributed by atoms with Crippen molar-refractivity contribution in [2.75, 3.05) is 11.9 Å². The van der Waals surface area contributed by atoms with Crippen LogP contribution < -0.4 is 5.32 Å². The molecular weight excluding hydrogens is 342 g/mol. The quantitative estimate of drug-likeness (QED) is 0.541. The first kappa shape index (κ1) is 16.9. The van der Waals surface area contributed by atoms with E-state index in [4.69, 9.17) is 4.52 Å². The van der Waals surface area contributed by atoms with Crippen molar-refractivity contribution in [1.29, 1.82) is 0 Å². The fraction of sp³-hybridized carbons (Fsp3) is 0.211. The number of benzene rings is 1. The lowest BCUT2D eigenvalue weighted by molar-refractivity contribution is 0.375. The van der Waals surface area contributed by atoms with E-state index in [1.54, 1.807) is 12.4 Å². The SMILES string of the molecule is CCc1noc(CCNc2nccc(-c3cnn(-c4ccccc4)c3)n2)n1. The van der Waals surface area contributed by atoms with Crippen LogP contribution in [0.2, 0.25) is 0 Å². The van der Waals surface area contributed by atoms with Crippen molar-refractivity contribution in [2.24, 2.45) is 0 Å². The number of nitrogens with zero attached hydrogens (tertiary/aromatic N) is 6. The van der Waals surface area contributed by atoms with Gasteiger partial charge in [0, 0.05) is 37.3 Å². The molecule has 0 bridgehead atoms. The first-order valence-corrected chi connectivity index (χ1v) is 8.80. The van der Waals surface area contributed by atoms with Crippen LogP contribution >= 0.6 is 0 Å². The van der Waals surface area contributed by atoms with Crippen LogP contribution in [-0.4, -0.2) is 36.4 Å². The average molecular weight is 361 g/mol. The van der Waals surface area contributed by atoms with Crippen LogP contribution in [-0.2, 0) is 12.8 Å². The predicted molar refractivity (Wildman–Crippen MR) is 100 cm³/mol. The topological polar surface area (TPSA) is 94.6 Å². The van der Waals surface area contributed by atoms with Crippen molar-refractivity contribution in [3.05, 3.63) is 66.7 Å². The van der Waals surface area contributed by atoms with Gasteiger partial charge < -0.3 is 9.84 Å². The van der Waals surface area contributed by atoms with Gasteiger partial charge in [0.1, 0.15) is 0 Å². The Morgan fingerprint density at radius 3 is 2.81 bits per heavy atom. The Labute approximate surface area is 156 Å². The van der Waals surface area contributed by atoms with E-state index in [0.29, 0.717) is 24.8 Å².